The molecule has 0 spiro atoms. The molecule has 0 atom stereocenters. The van der Waals surface area contributed by atoms with Gasteiger partial charge in [0.05, 0.1) is 20.6 Å². The van der Waals surface area contributed by atoms with E-state index < -0.39 is 12.5 Å². The number of nitrogens with one attached hydrogen (secondary N) is 1. The summed E-state index contributed by atoms with van der Waals surface area (Å²) >= 11 is 12.6. The van der Waals surface area contributed by atoms with Crippen LogP contribution in [0.4, 0.5) is 13.9 Å². The zero-order valence-corrected chi connectivity index (χ0v) is 15.3. The van der Waals surface area contributed by atoms with E-state index in [0.29, 0.717) is 15.1 Å². The number of hydrogen-bond acceptors (Lipinski definition) is 5. The largest absolute Gasteiger partial charge is 0.505 e. The Morgan fingerprint density at radius 1 is 1.35 bits per heavy atom. The molecule has 1 aromatic carbocycles. The second-order valence-electron chi connectivity index (χ2n) is 5.11. The molecule has 2 aromatic heterocycles. The van der Waals surface area contributed by atoms with Gasteiger partial charge in [0.15, 0.2) is 16.7 Å². The lowest BCUT2D eigenvalue weighted by molar-refractivity contribution is 0.0720. The van der Waals surface area contributed by atoms with Crippen LogP contribution in [0.1, 0.15) is 22.6 Å². The Morgan fingerprint density at radius 3 is 2.62 bits per heavy atom. The average Bonchev–Trinajstić information content (AvgIpc) is 3.18. The van der Waals surface area contributed by atoms with Gasteiger partial charge in [-0.05, 0) is 19.1 Å². The first kappa shape index (κ1) is 18.6. The molecule has 0 saturated carbocycles. The molecule has 3 aromatic rings. The summed E-state index contributed by atoms with van der Waals surface area (Å²) in [5.74, 6) is -0.825. The van der Waals surface area contributed by atoms with E-state index in [1.807, 2.05) is 0 Å². The molecular weight excluding hydrogens is 409 g/mol. The van der Waals surface area contributed by atoms with Gasteiger partial charge in [0.2, 0.25) is 0 Å². The zero-order chi connectivity index (χ0) is 19.0. The van der Waals surface area contributed by atoms with Crippen molar-refractivity contribution in [3.63, 3.8) is 0 Å². The molecular formula is C15H10Cl2F2N4O2S. The first-order chi connectivity index (χ1) is 12.3. The smallest absolute Gasteiger partial charge is 0.320 e. The van der Waals surface area contributed by atoms with Crippen molar-refractivity contribution in [2.45, 2.75) is 13.5 Å². The number of aromatic nitrogens is 3. The van der Waals surface area contributed by atoms with E-state index in [4.69, 9.17) is 23.2 Å². The van der Waals surface area contributed by atoms with Gasteiger partial charge in [0, 0.05) is 18.0 Å². The monoisotopic (exact) mass is 418 g/mol. The van der Waals surface area contributed by atoms with Gasteiger partial charge in [0.25, 0.3) is 5.91 Å². The number of aryl methyl sites for hydroxylation is 1. The van der Waals surface area contributed by atoms with Crippen molar-refractivity contribution < 1.29 is 18.7 Å². The van der Waals surface area contributed by atoms with Crippen LogP contribution in [0.5, 0.6) is 5.75 Å². The lowest BCUT2D eigenvalue weighted by Crippen LogP contribution is -2.11. The molecule has 1 amide bonds. The fourth-order valence-corrected chi connectivity index (χ4v) is 3.62. The Kier molecular flexibility index (Phi) is 5.12. The minimum atomic E-state index is -2.74. The maximum Gasteiger partial charge on any atom is 0.320 e. The van der Waals surface area contributed by atoms with Gasteiger partial charge in [-0.2, -0.15) is 8.78 Å². The SMILES string of the molecule is Cc1nc(NC(=O)c2cc(Cl)c(O)c(Cl)c2)sc1-c1nccn1C(F)F. The number of benzene rings is 1. The summed E-state index contributed by atoms with van der Waals surface area (Å²) in [4.78, 5) is 20.8. The predicted molar refractivity (Wildman–Crippen MR) is 95.4 cm³/mol. The van der Waals surface area contributed by atoms with E-state index >= 15 is 0 Å². The lowest BCUT2D eigenvalue weighted by atomic mass is 10.2. The molecule has 11 heteroatoms. The van der Waals surface area contributed by atoms with Gasteiger partial charge in [-0.15, -0.1) is 0 Å². The average molecular weight is 419 g/mol. The van der Waals surface area contributed by atoms with Crippen LogP contribution in [-0.4, -0.2) is 25.5 Å². The van der Waals surface area contributed by atoms with Crippen LogP contribution in [0.25, 0.3) is 10.7 Å². The molecule has 2 N–H and O–H groups in total. The summed E-state index contributed by atoms with van der Waals surface area (Å²) in [6, 6.07) is 2.51. The second-order valence-corrected chi connectivity index (χ2v) is 6.93. The first-order valence-corrected chi connectivity index (χ1v) is 8.63. The number of halogens is 4. The van der Waals surface area contributed by atoms with E-state index in [1.165, 1.54) is 18.3 Å². The van der Waals surface area contributed by atoms with Gasteiger partial charge in [-0.3, -0.25) is 14.7 Å². The first-order valence-electron chi connectivity index (χ1n) is 7.06. The summed E-state index contributed by atoms with van der Waals surface area (Å²) in [7, 11) is 0. The molecule has 0 aliphatic heterocycles. The van der Waals surface area contributed by atoms with E-state index in [9.17, 15) is 18.7 Å². The minimum Gasteiger partial charge on any atom is -0.505 e. The number of alkyl halides is 2. The highest BCUT2D eigenvalue weighted by Gasteiger charge is 2.20. The van der Waals surface area contributed by atoms with Crippen molar-refractivity contribution >= 4 is 45.6 Å². The van der Waals surface area contributed by atoms with E-state index in [2.05, 4.69) is 15.3 Å². The molecule has 136 valence electrons. The third-order valence-corrected chi connectivity index (χ3v) is 5.02. The number of carbonyl (C=O) groups is 1. The van der Waals surface area contributed by atoms with E-state index in [-0.39, 0.29) is 32.3 Å². The summed E-state index contributed by atoms with van der Waals surface area (Å²) in [5, 5.41) is 12.1. The number of aromatic hydroxyl groups is 1. The number of amides is 1. The number of phenolic OH excluding ortho intramolecular Hbond substituents is 1. The van der Waals surface area contributed by atoms with Crippen LogP contribution >= 0.6 is 34.5 Å². The minimum absolute atomic E-state index is 0.0613. The van der Waals surface area contributed by atoms with Gasteiger partial charge in [-0.1, -0.05) is 34.5 Å². The molecule has 3 rings (SSSR count). The third kappa shape index (κ3) is 3.50. The van der Waals surface area contributed by atoms with Gasteiger partial charge >= 0.3 is 6.55 Å². The Morgan fingerprint density at radius 2 is 2.00 bits per heavy atom. The topological polar surface area (TPSA) is 80.0 Å². The summed E-state index contributed by atoms with van der Waals surface area (Å²) in [6.07, 6.45) is 2.43. The van der Waals surface area contributed by atoms with E-state index in [1.54, 1.807) is 6.92 Å². The number of imidazole rings is 1. The number of rotatable bonds is 4. The summed E-state index contributed by atoms with van der Waals surface area (Å²) in [6.45, 7) is -1.12. The van der Waals surface area contributed by atoms with Crippen molar-refractivity contribution in [3.8, 4) is 16.5 Å². The van der Waals surface area contributed by atoms with Crippen LogP contribution in [0.3, 0.4) is 0 Å². The standard InChI is InChI=1S/C15H10Cl2F2N4O2S/c1-6-11(12-20-2-3-23(12)14(18)19)26-15(21-6)22-13(25)7-4-8(16)10(24)9(17)5-7/h2-5,14,24H,1H3,(H,21,22,25). The van der Waals surface area contributed by atoms with Crippen LogP contribution in [0, 0.1) is 6.92 Å². The highest BCUT2D eigenvalue weighted by Crippen LogP contribution is 2.35. The zero-order valence-electron chi connectivity index (χ0n) is 13.0. The number of carbonyl (C=O) groups excluding carboxylic acids is 1. The number of nitrogens with zero attached hydrogens (tertiary/aromatic N) is 3. The lowest BCUT2D eigenvalue weighted by Gasteiger charge is -2.05. The second kappa shape index (κ2) is 7.18. The number of thiazole rings is 1. The van der Waals surface area contributed by atoms with Crippen molar-refractivity contribution in [1.29, 1.82) is 0 Å². The Balaban J connectivity index is 1.88. The molecule has 0 aliphatic carbocycles. The molecule has 0 fully saturated rings. The fraction of sp³-hybridized carbons (Fsp3) is 0.133. The van der Waals surface area contributed by atoms with Crippen molar-refractivity contribution in [2.75, 3.05) is 5.32 Å². The van der Waals surface area contributed by atoms with Crippen LogP contribution < -0.4 is 5.32 Å². The molecule has 2 heterocycles. The Bertz CT molecular complexity index is 967. The van der Waals surface area contributed by atoms with Crippen molar-refractivity contribution in [2.24, 2.45) is 0 Å². The van der Waals surface area contributed by atoms with Gasteiger partial charge in [-0.25, -0.2) is 9.97 Å². The summed E-state index contributed by atoms with van der Waals surface area (Å²) < 4.78 is 26.7. The van der Waals surface area contributed by atoms with Crippen LogP contribution in [-0.2, 0) is 0 Å². The Labute approximate surface area is 160 Å². The highest BCUT2D eigenvalue weighted by molar-refractivity contribution is 7.19. The molecule has 0 bridgehead atoms. The van der Waals surface area contributed by atoms with Gasteiger partial charge in [0.1, 0.15) is 0 Å². The third-order valence-electron chi connectivity index (χ3n) is 3.38. The number of anilines is 1. The predicted octanol–water partition coefficient (Wildman–Crippen LogP) is 4.97. The highest BCUT2D eigenvalue weighted by atomic mass is 35.5. The number of phenols is 1. The molecule has 0 saturated heterocycles. The molecule has 26 heavy (non-hydrogen) atoms. The molecule has 0 unspecified atom stereocenters. The van der Waals surface area contributed by atoms with Crippen molar-refractivity contribution in [1.82, 2.24) is 14.5 Å². The maximum absolute atomic E-state index is 13.0. The molecule has 0 aliphatic rings. The molecule has 6 nitrogen and oxygen atoms in total. The normalized spacial score (nSPS) is 11.2. The quantitative estimate of drug-likeness (QED) is 0.626. The number of hydrogen-bond donors (Lipinski definition) is 2. The van der Waals surface area contributed by atoms with Crippen molar-refractivity contribution in [3.05, 3.63) is 45.8 Å². The van der Waals surface area contributed by atoms with Crippen LogP contribution in [0.2, 0.25) is 10.0 Å². The van der Waals surface area contributed by atoms with E-state index in [0.717, 1.165) is 17.5 Å². The molecule has 0 radical (unpaired) electrons. The Hall–Kier alpha value is -2.23. The van der Waals surface area contributed by atoms with Gasteiger partial charge < -0.3 is 5.11 Å². The maximum atomic E-state index is 13.0. The fourth-order valence-electron chi connectivity index (χ4n) is 2.17. The summed E-state index contributed by atoms with van der Waals surface area (Å²) in [5.41, 5.74) is 0.557. The van der Waals surface area contributed by atoms with Crippen LogP contribution in [0.15, 0.2) is 24.5 Å².